The van der Waals surface area contributed by atoms with Crippen molar-refractivity contribution in [3.8, 4) is 0 Å². The van der Waals surface area contributed by atoms with Gasteiger partial charge in [0, 0.05) is 16.6 Å². The van der Waals surface area contributed by atoms with E-state index in [2.05, 4.69) is 22.9 Å². The molecular weight excluding hydrogens is 294 g/mol. The molecule has 1 aromatic rings. The molecule has 0 aliphatic carbocycles. The zero-order valence-corrected chi connectivity index (χ0v) is 12.4. The van der Waals surface area contributed by atoms with E-state index >= 15 is 0 Å². The van der Waals surface area contributed by atoms with E-state index in [1.54, 1.807) is 0 Å². The number of morpholine rings is 1. The molecule has 4 heteroatoms. The predicted octanol–water partition coefficient (Wildman–Crippen LogP) is 3.01. The molecule has 3 nitrogen and oxygen atoms in total. The molecule has 0 spiro atoms. The van der Waals surface area contributed by atoms with E-state index in [4.69, 9.17) is 4.74 Å². The second-order valence-electron chi connectivity index (χ2n) is 4.60. The largest absolute Gasteiger partial charge is 0.377 e. The summed E-state index contributed by atoms with van der Waals surface area (Å²) in [6, 6.07) is 5.97. The number of carbonyl (C=O) groups excluding carboxylic acids is 1. The average molecular weight is 312 g/mol. The fourth-order valence-corrected chi connectivity index (χ4v) is 2.53. The third-order valence-corrected chi connectivity index (χ3v) is 4.23. The molecule has 1 fully saturated rings. The van der Waals surface area contributed by atoms with Gasteiger partial charge in [0.1, 0.15) is 0 Å². The van der Waals surface area contributed by atoms with Crippen molar-refractivity contribution < 1.29 is 9.53 Å². The summed E-state index contributed by atoms with van der Waals surface area (Å²) in [4.78, 5) is 14.4. The van der Waals surface area contributed by atoms with Crippen molar-refractivity contribution >= 4 is 21.8 Å². The van der Waals surface area contributed by atoms with Gasteiger partial charge in [-0.3, -0.25) is 4.79 Å². The molecule has 1 unspecified atom stereocenters. The van der Waals surface area contributed by atoms with Gasteiger partial charge in [-0.1, -0.05) is 28.9 Å². The van der Waals surface area contributed by atoms with Crippen LogP contribution in [0.3, 0.4) is 0 Å². The number of hydrogen-bond acceptors (Lipinski definition) is 2. The second kappa shape index (κ2) is 5.85. The number of aryl methyl sites for hydroxylation is 1. The molecule has 0 radical (unpaired) electrons. The predicted molar refractivity (Wildman–Crippen MR) is 74.8 cm³/mol. The lowest BCUT2D eigenvalue weighted by atomic mass is 10.1. The highest BCUT2D eigenvalue weighted by atomic mass is 79.9. The Hall–Kier alpha value is -0.870. The van der Waals surface area contributed by atoms with E-state index in [0.717, 1.165) is 22.0 Å². The van der Waals surface area contributed by atoms with Crippen molar-refractivity contribution in [2.24, 2.45) is 0 Å². The lowest BCUT2D eigenvalue weighted by Gasteiger charge is -2.35. The van der Waals surface area contributed by atoms with E-state index in [1.165, 1.54) is 0 Å². The summed E-state index contributed by atoms with van der Waals surface area (Å²) in [7, 11) is 0. The van der Waals surface area contributed by atoms with Gasteiger partial charge in [-0.05, 0) is 31.0 Å². The van der Waals surface area contributed by atoms with Crippen LogP contribution in [0.4, 0.5) is 0 Å². The molecule has 2 rings (SSSR count). The summed E-state index contributed by atoms with van der Waals surface area (Å²) in [6.07, 6.45) is 0.929. The number of hydrogen-bond donors (Lipinski definition) is 0. The van der Waals surface area contributed by atoms with Crippen molar-refractivity contribution in [1.29, 1.82) is 0 Å². The van der Waals surface area contributed by atoms with Crippen LogP contribution >= 0.6 is 15.9 Å². The van der Waals surface area contributed by atoms with Crippen LogP contribution in [-0.2, 0) is 4.74 Å². The van der Waals surface area contributed by atoms with Crippen molar-refractivity contribution in [2.75, 3.05) is 19.8 Å². The maximum absolute atomic E-state index is 12.5. The van der Waals surface area contributed by atoms with Crippen LogP contribution in [0.1, 0.15) is 29.3 Å². The minimum Gasteiger partial charge on any atom is -0.377 e. The number of nitrogens with zero attached hydrogens (tertiary/aromatic N) is 1. The van der Waals surface area contributed by atoms with E-state index in [0.29, 0.717) is 19.8 Å². The van der Waals surface area contributed by atoms with Gasteiger partial charge in [-0.2, -0.15) is 0 Å². The van der Waals surface area contributed by atoms with Gasteiger partial charge >= 0.3 is 0 Å². The third kappa shape index (κ3) is 2.75. The number of amides is 1. The maximum Gasteiger partial charge on any atom is 0.254 e. The molecule has 1 aliphatic heterocycles. The molecule has 0 saturated carbocycles. The standard InChI is InChI=1S/C14H18BrNO2/c1-3-12-9-18-7-6-16(12)14(17)11-5-4-10(2)13(15)8-11/h4-5,8,12H,3,6-7,9H2,1-2H3. The van der Waals surface area contributed by atoms with E-state index in [1.807, 2.05) is 30.0 Å². The summed E-state index contributed by atoms with van der Waals surface area (Å²) in [6.45, 7) is 6.07. The number of halogens is 1. The first-order chi connectivity index (χ1) is 8.63. The number of carbonyl (C=O) groups is 1. The average Bonchev–Trinajstić information content (AvgIpc) is 2.41. The van der Waals surface area contributed by atoms with Gasteiger partial charge in [0.15, 0.2) is 0 Å². The van der Waals surface area contributed by atoms with Crippen LogP contribution in [0.25, 0.3) is 0 Å². The maximum atomic E-state index is 12.5. The van der Waals surface area contributed by atoms with Crippen LogP contribution in [0, 0.1) is 6.92 Å². The summed E-state index contributed by atoms with van der Waals surface area (Å²) in [5, 5.41) is 0. The lowest BCUT2D eigenvalue weighted by molar-refractivity contribution is -0.00280. The molecule has 1 aromatic carbocycles. The van der Waals surface area contributed by atoms with Crippen molar-refractivity contribution in [2.45, 2.75) is 26.3 Å². The Morgan fingerprint density at radius 3 is 3.00 bits per heavy atom. The highest BCUT2D eigenvalue weighted by Crippen LogP contribution is 2.20. The van der Waals surface area contributed by atoms with Gasteiger partial charge in [0.2, 0.25) is 0 Å². The highest BCUT2D eigenvalue weighted by molar-refractivity contribution is 9.10. The van der Waals surface area contributed by atoms with Gasteiger partial charge in [0.05, 0.1) is 19.3 Å². The van der Waals surface area contributed by atoms with Gasteiger partial charge in [-0.15, -0.1) is 0 Å². The van der Waals surface area contributed by atoms with Gasteiger partial charge in [-0.25, -0.2) is 0 Å². The van der Waals surface area contributed by atoms with Crippen LogP contribution in [0.15, 0.2) is 22.7 Å². The molecule has 1 atom stereocenters. The first kappa shape index (κ1) is 13.6. The summed E-state index contributed by atoms with van der Waals surface area (Å²) in [5.74, 6) is 0.103. The Morgan fingerprint density at radius 1 is 1.56 bits per heavy atom. The van der Waals surface area contributed by atoms with Gasteiger partial charge < -0.3 is 9.64 Å². The van der Waals surface area contributed by atoms with E-state index in [-0.39, 0.29) is 11.9 Å². The Balaban J connectivity index is 2.21. The van der Waals surface area contributed by atoms with Gasteiger partial charge in [0.25, 0.3) is 5.91 Å². The van der Waals surface area contributed by atoms with E-state index < -0.39 is 0 Å². The molecule has 0 N–H and O–H groups in total. The lowest BCUT2D eigenvalue weighted by Crippen LogP contribution is -2.48. The molecule has 18 heavy (non-hydrogen) atoms. The molecule has 1 heterocycles. The Kier molecular flexibility index (Phi) is 4.40. The Bertz CT molecular complexity index is 447. The number of benzene rings is 1. The van der Waals surface area contributed by atoms with Crippen molar-refractivity contribution in [3.05, 3.63) is 33.8 Å². The van der Waals surface area contributed by atoms with Crippen LogP contribution in [0.2, 0.25) is 0 Å². The van der Waals surface area contributed by atoms with Crippen LogP contribution < -0.4 is 0 Å². The molecule has 0 aromatic heterocycles. The highest BCUT2D eigenvalue weighted by Gasteiger charge is 2.26. The van der Waals surface area contributed by atoms with Crippen LogP contribution in [-0.4, -0.2) is 36.6 Å². The fraction of sp³-hybridized carbons (Fsp3) is 0.500. The Morgan fingerprint density at radius 2 is 2.33 bits per heavy atom. The van der Waals surface area contributed by atoms with Crippen LogP contribution in [0.5, 0.6) is 0 Å². The smallest absolute Gasteiger partial charge is 0.254 e. The molecule has 98 valence electrons. The summed E-state index contributed by atoms with van der Waals surface area (Å²) in [5.41, 5.74) is 1.88. The van der Waals surface area contributed by atoms with E-state index in [9.17, 15) is 4.79 Å². The summed E-state index contributed by atoms with van der Waals surface area (Å²) < 4.78 is 6.41. The SMILES string of the molecule is CCC1COCCN1C(=O)c1ccc(C)c(Br)c1. The minimum atomic E-state index is 0.103. The molecule has 1 saturated heterocycles. The number of rotatable bonds is 2. The topological polar surface area (TPSA) is 29.5 Å². The number of ether oxygens (including phenoxy) is 1. The fourth-order valence-electron chi connectivity index (χ4n) is 2.15. The van der Waals surface area contributed by atoms with Crippen molar-refractivity contribution in [1.82, 2.24) is 4.90 Å². The zero-order chi connectivity index (χ0) is 13.1. The zero-order valence-electron chi connectivity index (χ0n) is 10.8. The molecule has 1 amide bonds. The minimum absolute atomic E-state index is 0.103. The monoisotopic (exact) mass is 311 g/mol. The second-order valence-corrected chi connectivity index (χ2v) is 5.45. The molecule has 1 aliphatic rings. The third-order valence-electron chi connectivity index (χ3n) is 3.38. The first-order valence-electron chi connectivity index (χ1n) is 6.28. The Labute approximate surface area is 116 Å². The summed E-state index contributed by atoms with van der Waals surface area (Å²) >= 11 is 3.48. The first-order valence-corrected chi connectivity index (χ1v) is 7.07. The normalized spacial score (nSPS) is 19.9. The molecular formula is C14H18BrNO2. The van der Waals surface area contributed by atoms with Crippen molar-refractivity contribution in [3.63, 3.8) is 0 Å². The quantitative estimate of drug-likeness (QED) is 0.840. The molecule has 0 bridgehead atoms.